The number of amides is 2. The summed E-state index contributed by atoms with van der Waals surface area (Å²) in [5.74, 6) is 0.456. The summed E-state index contributed by atoms with van der Waals surface area (Å²) in [4.78, 5) is 24.6. The molecule has 2 amide bonds. The zero-order valence-corrected chi connectivity index (χ0v) is 19.0. The summed E-state index contributed by atoms with van der Waals surface area (Å²) in [5.41, 5.74) is 2.69. The van der Waals surface area contributed by atoms with Crippen LogP contribution in [-0.2, 0) is 4.79 Å². The van der Waals surface area contributed by atoms with Crippen molar-refractivity contribution in [2.75, 3.05) is 29.1 Å². The zero-order valence-electron chi connectivity index (χ0n) is 19.0. The van der Waals surface area contributed by atoms with Gasteiger partial charge in [0.2, 0.25) is 5.91 Å². The largest absolute Gasteiger partial charge is 0.494 e. The number of benzene rings is 3. The SMILES string of the molecule is CCCCCCOc1ccc(NC(=O)CNc2cccc(NC(=O)c3ccccc3)c2)cc1. The number of hydrogen-bond donors (Lipinski definition) is 3. The van der Waals surface area contributed by atoms with E-state index in [1.165, 1.54) is 19.3 Å². The molecule has 3 aromatic carbocycles. The van der Waals surface area contributed by atoms with Crippen molar-refractivity contribution in [2.45, 2.75) is 32.6 Å². The third-order valence-electron chi connectivity index (χ3n) is 5.01. The van der Waals surface area contributed by atoms with Crippen LogP contribution in [0.4, 0.5) is 17.1 Å². The molecule has 172 valence electrons. The van der Waals surface area contributed by atoms with E-state index in [1.54, 1.807) is 24.3 Å². The van der Waals surface area contributed by atoms with Crippen LogP contribution in [0.2, 0.25) is 0 Å². The van der Waals surface area contributed by atoms with Crippen LogP contribution in [0.15, 0.2) is 78.9 Å². The molecule has 0 spiro atoms. The van der Waals surface area contributed by atoms with E-state index in [-0.39, 0.29) is 18.4 Å². The van der Waals surface area contributed by atoms with Gasteiger partial charge in [0, 0.05) is 22.6 Å². The molecule has 0 atom stereocenters. The Balaban J connectivity index is 1.43. The first kappa shape index (κ1) is 23.9. The molecule has 6 nitrogen and oxygen atoms in total. The molecule has 0 heterocycles. The van der Waals surface area contributed by atoms with Crippen LogP contribution in [0.3, 0.4) is 0 Å². The standard InChI is InChI=1S/C27H31N3O3/c1-2-3-4-8-18-33-25-16-14-22(15-17-25)29-26(31)20-28-23-12-9-13-24(19-23)30-27(32)21-10-6-5-7-11-21/h5-7,9-17,19,28H,2-4,8,18,20H2,1H3,(H,29,31)(H,30,32). The molecule has 0 fully saturated rings. The number of anilines is 3. The van der Waals surface area contributed by atoms with Gasteiger partial charge >= 0.3 is 0 Å². The summed E-state index contributed by atoms with van der Waals surface area (Å²) >= 11 is 0. The van der Waals surface area contributed by atoms with E-state index >= 15 is 0 Å². The molecular weight excluding hydrogens is 414 g/mol. The Morgan fingerprint density at radius 2 is 1.52 bits per heavy atom. The highest BCUT2D eigenvalue weighted by molar-refractivity contribution is 6.04. The van der Waals surface area contributed by atoms with Gasteiger partial charge in [-0.05, 0) is 61.0 Å². The van der Waals surface area contributed by atoms with Gasteiger partial charge in [-0.15, -0.1) is 0 Å². The molecule has 3 N–H and O–H groups in total. The topological polar surface area (TPSA) is 79.5 Å². The van der Waals surface area contributed by atoms with Crippen LogP contribution in [0, 0.1) is 0 Å². The lowest BCUT2D eigenvalue weighted by Crippen LogP contribution is -2.21. The minimum atomic E-state index is -0.182. The first-order valence-electron chi connectivity index (χ1n) is 11.4. The van der Waals surface area contributed by atoms with Crippen molar-refractivity contribution in [2.24, 2.45) is 0 Å². The minimum Gasteiger partial charge on any atom is -0.494 e. The lowest BCUT2D eigenvalue weighted by Gasteiger charge is -2.11. The number of unbranched alkanes of at least 4 members (excludes halogenated alkanes) is 3. The average Bonchev–Trinajstić information content (AvgIpc) is 2.84. The lowest BCUT2D eigenvalue weighted by atomic mass is 10.2. The van der Waals surface area contributed by atoms with E-state index in [9.17, 15) is 9.59 Å². The molecule has 0 radical (unpaired) electrons. The van der Waals surface area contributed by atoms with E-state index in [0.29, 0.717) is 23.5 Å². The van der Waals surface area contributed by atoms with Crippen LogP contribution in [0.1, 0.15) is 43.0 Å². The van der Waals surface area contributed by atoms with E-state index in [1.807, 2.05) is 54.6 Å². The molecule has 33 heavy (non-hydrogen) atoms. The number of carbonyl (C=O) groups is 2. The Hall–Kier alpha value is -3.80. The molecule has 0 aromatic heterocycles. The second kappa shape index (κ2) is 12.9. The fraction of sp³-hybridized carbons (Fsp3) is 0.259. The molecular formula is C27H31N3O3. The molecule has 0 saturated carbocycles. The maximum Gasteiger partial charge on any atom is 0.255 e. The Bertz CT molecular complexity index is 1020. The summed E-state index contributed by atoms with van der Waals surface area (Å²) in [6.07, 6.45) is 4.67. The molecule has 0 unspecified atom stereocenters. The number of hydrogen-bond acceptors (Lipinski definition) is 4. The van der Waals surface area contributed by atoms with Crippen molar-refractivity contribution < 1.29 is 14.3 Å². The van der Waals surface area contributed by atoms with Crippen LogP contribution >= 0.6 is 0 Å². The molecule has 0 aliphatic rings. The Kier molecular flexibility index (Phi) is 9.33. The monoisotopic (exact) mass is 445 g/mol. The van der Waals surface area contributed by atoms with Gasteiger partial charge in [0.05, 0.1) is 13.2 Å². The Labute approximate surface area is 195 Å². The predicted molar refractivity (Wildman–Crippen MR) is 134 cm³/mol. The highest BCUT2D eigenvalue weighted by atomic mass is 16.5. The lowest BCUT2D eigenvalue weighted by molar-refractivity contribution is -0.114. The van der Waals surface area contributed by atoms with Gasteiger partial charge in [-0.2, -0.15) is 0 Å². The van der Waals surface area contributed by atoms with E-state index in [4.69, 9.17) is 4.74 Å². The van der Waals surface area contributed by atoms with Crippen LogP contribution in [0.25, 0.3) is 0 Å². The van der Waals surface area contributed by atoms with Crippen molar-refractivity contribution in [1.29, 1.82) is 0 Å². The first-order chi connectivity index (χ1) is 16.1. The van der Waals surface area contributed by atoms with Crippen LogP contribution in [-0.4, -0.2) is 25.0 Å². The summed E-state index contributed by atoms with van der Waals surface area (Å²) in [6, 6.07) is 23.7. The molecule has 0 bridgehead atoms. The molecule has 3 rings (SSSR count). The Morgan fingerprint density at radius 1 is 0.758 bits per heavy atom. The van der Waals surface area contributed by atoms with Crippen LogP contribution in [0.5, 0.6) is 5.75 Å². The van der Waals surface area contributed by atoms with Gasteiger partial charge in [0.1, 0.15) is 5.75 Å². The second-order valence-electron chi connectivity index (χ2n) is 7.74. The Morgan fingerprint density at radius 3 is 2.27 bits per heavy atom. The van der Waals surface area contributed by atoms with Crippen LogP contribution < -0.4 is 20.7 Å². The number of carbonyl (C=O) groups excluding carboxylic acids is 2. The highest BCUT2D eigenvalue weighted by Crippen LogP contribution is 2.18. The molecule has 3 aromatic rings. The molecule has 6 heteroatoms. The van der Waals surface area contributed by atoms with Gasteiger partial charge < -0.3 is 20.7 Å². The van der Waals surface area contributed by atoms with Gasteiger partial charge in [-0.25, -0.2) is 0 Å². The van der Waals surface area contributed by atoms with Gasteiger partial charge in [0.25, 0.3) is 5.91 Å². The van der Waals surface area contributed by atoms with Crippen molar-refractivity contribution >= 4 is 28.9 Å². The third-order valence-corrected chi connectivity index (χ3v) is 5.01. The average molecular weight is 446 g/mol. The smallest absolute Gasteiger partial charge is 0.255 e. The third kappa shape index (κ3) is 8.33. The summed E-state index contributed by atoms with van der Waals surface area (Å²) in [5, 5.41) is 8.82. The van der Waals surface area contributed by atoms with Gasteiger partial charge in [0.15, 0.2) is 0 Å². The fourth-order valence-electron chi connectivity index (χ4n) is 3.24. The second-order valence-corrected chi connectivity index (χ2v) is 7.74. The predicted octanol–water partition coefficient (Wildman–Crippen LogP) is 5.95. The van der Waals surface area contributed by atoms with E-state index in [2.05, 4.69) is 22.9 Å². The summed E-state index contributed by atoms with van der Waals surface area (Å²) in [7, 11) is 0. The van der Waals surface area contributed by atoms with Crippen molar-refractivity contribution in [1.82, 2.24) is 0 Å². The van der Waals surface area contributed by atoms with E-state index < -0.39 is 0 Å². The van der Waals surface area contributed by atoms with Crippen molar-refractivity contribution in [3.8, 4) is 5.75 Å². The first-order valence-corrected chi connectivity index (χ1v) is 11.4. The normalized spacial score (nSPS) is 10.3. The quantitative estimate of drug-likeness (QED) is 0.301. The zero-order chi connectivity index (χ0) is 23.3. The van der Waals surface area contributed by atoms with Gasteiger partial charge in [-0.3, -0.25) is 9.59 Å². The molecule has 0 saturated heterocycles. The highest BCUT2D eigenvalue weighted by Gasteiger charge is 2.07. The maximum absolute atomic E-state index is 12.3. The molecule has 0 aliphatic heterocycles. The minimum absolute atomic E-state index is 0.103. The van der Waals surface area contributed by atoms with Gasteiger partial charge in [-0.1, -0.05) is 50.5 Å². The summed E-state index contributed by atoms with van der Waals surface area (Å²) in [6.45, 7) is 3.00. The number of rotatable bonds is 12. The maximum atomic E-state index is 12.3. The van der Waals surface area contributed by atoms with Crippen molar-refractivity contribution in [3.63, 3.8) is 0 Å². The van der Waals surface area contributed by atoms with Crippen molar-refractivity contribution in [3.05, 3.63) is 84.4 Å². The van der Waals surface area contributed by atoms with E-state index in [0.717, 1.165) is 17.9 Å². The molecule has 0 aliphatic carbocycles. The number of ether oxygens (including phenoxy) is 1. The number of nitrogens with one attached hydrogen (secondary N) is 3. The fourth-order valence-corrected chi connectivity index (χ4v) is 3.24. The summed E-state index contributed by atoms with van der Waals surface area (Å²) < 4.78 is 5.73.